The Labute approximate surface area is 216 Å². The van der Waals surface area contributed by atoms with Gasteiger partial charge in [-0.2, -0.15) is 5.10 Å². The van der Waals surface area contributed by atoms with Gasteiger partial charge in [0.25, 0.3) is 0 Å². The Kier molecular flexibility index (Phi) is 9.04. The summed E-state index contributed by atoms with van der Waals surface area (Å²) in [5.41, 5.74) is 3.04. The molecular weight excluding hydrogens is 453 g/mol. The van der Waals surface area contributed by atoms with Crippen LogP contribution in [-0.2, 0) is 17.8 Å². The Morgan fingerprint density at radius 1 is 1.06 bits per heavy atom. The monoisotopic (exact) mass is 497 g/mol. The van der Waals surface area contributed by atoms with Crippen LogP contribution in [0.1, 0.15) is 77.5 Å². The highest BCUT2D eigenvalue weighted by Gasteiger charge is 2.31. The van der Waals surface area contributed by atoms with Crippen molar-refractivity contribution < 1.29 is 9.18 Å². The van der Waals surface area contributed by atoms with E-state index in [2.05, 4.69) is 42.4 Å². The number of hydrogen-bond acceptors (Lipinski definition) is 4. The highest BCUT2D eigenvalue weighted by atomic mass is 19.1. The maximum atomic E-state index is 13.8. The quantitative estimate of drug-likeness (QED) is 0.464. The van der Waals surface area contributed by atoms with Crippen molar-refractivity contribution in [1.29, 1.82) is 0 Å². The number of halogens is 1. The van der Waals surface area contributed by atoms with E-state index < -0.39 is 0 Å². The zero-order valence-corrected chi connectivity index (χ0v) is 22.7. The molecule has 0 radical (unpaired) electrons. The number of benzene rings is 1. The van der Waals surface area contributed by atoms with Gasteiger partial charge in [0, 0.05) is 50.2 Å². The minimum Gasteiger partial charge on any atom is -0.354 e. The lowest BCUT2D eigenvalue weighted by molar-refractivity contribution is -0.137. The molecule has 0 atom stereocenters. The van der Waals surface area contributed by atoms with Crippen molar-refractivity contribution in [3.05, 3.63) is 41.3 Å². The van der Waals surface area contributed by atoms with Crippen LogP contribution in [0.5, 0.6) is 0 Å². The van der Waals surface area contributed by atoms with E-state index in [1.165, 1.54) is 18.6 Å². The Hall–Kier alpha value is -2.41. The fraction of sp³-hybridized carbons (Fsp3) is 0.655. The lowest BCUT2D eigenvalue weighted by Crippen LogP contribution is -2.49. The van der Waals surface area contributed by atoms with Crippen LogP contribution < -0.4 is 4.90 Å². The van der Waals surface area contributed by atoms with E-state index in [0.717, 1.165) is 94.0 Å². The van der Waals surface area contributed by atoms with Crippen molar-refractivity contribution in [3.63, 3.8) is 0 Å². The van der Waals surface area contributed by atoms with E-state index in [1.54, 1.807) is 12.1 Å². The first-order valence-electron chi connectivity index (χ1n) is 14.1. The molecular formula is C29H44FN5O. The molecule has 36 heavy (non-hydrogen) atoms. The number of amides is 1. The summed E-state index contributed by atoms with van der Waals surface area (Å²) in [7, 11) is 0. The van der Waals surface area contributed by atoms with E-state index in [1.807, 2.05) is 4.68 Å². The number of rotatable bonds is 9. The second-order valence-corrected chi connectivity index (χ2v) is 10.7. The maximum absolute atomic E-state index is 13.8. The number of carbonyl (C=O) groups is 1. The summed E-state index contributed by atoms with van der Waals surface area (Å²) in [5, 5.41) is 5.04. The highest BCUT2D eigenvalue weighted by Crippen LogP contribution is 2.32. The average Bonchev–Trinajstić information content (AvgIpc) is 3.27. The normalized spacial score (nSPS) is 17.7. The fourth-order valence-corrected chi connectivity index (χ4v) is 5.80. The third-order valence-corrected chi connectivity index (χ3v) is 7.90. The van der Waals surface area contributed by atoms with Crippen molar-refractivity contribution in [1.82, 2.24) is 19.6 Å². The van der Waals surface area contributed by atoms with Gasteiger partial charge >= 0.3 is 0 Å². The summed E-state index contributed by atoms with van der Waals surface area (Å²) >= 11 is 0. The number of aryl methyl sites for hydroxylation is 1. The van der Waals surface area contributed by atoms with Gasteiger partial charge in [-0.05, 0) is 63.8 Å². The zero-order chi connectivity index (χ0) is 25.7. The first kappa shape index (κ1) is 26.6. The summed E-state index contributed by atoms with van der Waals surface area (Å²) in [5.74, 6) is 1.28. The Bertz CT molecular complexity index is 988. The molecule has 198 valence electrons. The van der Waals surface area contributed by atoms with E-state index >= 15 is 0 Å². The van der Waals surface area contributed by atoms with Crippen molar-refractivity contribution in [2.24, 2.45) is 5.92 Å². The second-order valence-electron chi connectivity index (χ2n) is 10.7. The molecule has 0 unspecified atom stereocenters. The van der Waals surface area contributed by atoms with Crippen LogP contribution in [0.4, 0.5) is 10.2 Å². The minimum atomic E-state index is -0.249. The van der Waals surface area contributed by atoms with Crippen LogP contribution in [0.25, 0.3) is 5.69 Å². The molecule has 7 heteroatoms. The third kappa shape index (κ3) is 5.93. The van der Waals surface area contributed by atoms with Gasteiger partial charge in [0.15, 0.2) is 0 Å². The largest absolute Gasteiger partial charge is 0.354 e. The number of aromatic nitrogens is 2. The van der Waals surface area contributed by atoms with Gasteiger partial charge < -0.3 is 9.80 Å². The van der Waals surface area contributed by atoms with Crippen LogP contribution in [0.3, 0.4) is 0 Å². The van der Waals surface area contributed by atoms with Crippen LogP contribution >= 0.6 is 0 Å². The predicted octanol–water partition coefficient (Wildman–Crippen LogP) is 5.42. The van der Waals surface area contributed by atoms with E-state index in [4.69, 9.17) is 5.10 Å². The lowest BCUT2D eigenvalue weighted by atomic mass is 9.88. The molecule has 2 aromatic rings. The van der Waals surface area contributed by atoms with Gasteiger partial charge in [0.05, 0.1) is 17.9 Å². The minimum absolute atomic E-state index is 0.153. The van der Waals surface area contributed by atoms with E-state index in [9.17, 15) is 9.18 Å². The van der Waals surface area contributed by atoms with Gasteiger partial charge in [-0.3, -0.25) is 9.69 Å². The SMILES string of the molecule is CCCN(Cc1c(CC)nn(-c2ccc(F)cc2)c1N1CCN(C(C)C)CC1)C(=O)C1CCCCC1. The number of carbonyl (C=O) groups excluding carboxylic acids is 1. The van der Waals surface area contributed by atoms with Crippen molar-refractivity contribution >= 4 is 11.7 Å². The molecule has 6 nitrogen and oxygen atoms in total. The second kappa shape index (κ2) is 12.2. The molecule has 0 bridgehead atoms. The predicted molar refractivity (Wildman–Crippen MR) is 144 cm³/mol. The van der Waals surface area contributed by atoms with Gasteiger partial charge in [0.1, 0.15) is 11.6 Å². The fourth-order valence-electron chi connectivity index (χ4n) is 5.80. The Balaban J connectivity index is 1.71. The van der Waals surface area contributed by atoms with Crippen LogP contribution in [0.15, 0.2) is 24.3 Å². The van der Waals surface area contributed by atoms with E-state index in [-0.39, 0.29) is 11.7 Å². The molecule has 1 aromatic carbocycles. The molecule has 1 amide bonds. The van der Waals surface area contributed by atoms with Crippen LogP contribution in [0, 0.1) is 11.7 Å². The average molecular weight is 498 g/mol. The topological polar surface area (TPSA) is 44.6 Å². The van der Waals surface area contributed by atoms with Gasteiger partial charge in [-0.15, -0.1) is 0 Å². The summed E-state index contributed by atoms with van der Waals surface area (Å²) in [4.78, 5) is 20.7. The van der Waals surface area contributed by atoms with Crippen LogP contribution in [0.2, 0.25) is 0 Å². The third-order valence-electron chi connectivity index (χ3n) is 7.90. The molecule has 2 heterocycles. The maximum Gasteiger partial charge on any atom is 0.225 e. The van der Waals surface area contributed by atoms with Crippen LogP contribution in [-0.4, -0.2) is 64.3 Å². The lowest BCUT2D eigenvalue weighted by Gasteiger charge is -2.39. The molecule has 2 aliphatic rings. The Morgan fingerprint density at radius 3 is 2.31 bits per heavy atom. The molecule has 0 spiro atoms. The number of nitrogens with zero attached hydrogens (tertiary/aromatic N) is 5. The molecule has 2 fully saturated rings. The Morgan fingerprint density at radius 2 is 1.72 bits per heavy atom. The molecule has 1 saturated carbocycles. The zero-order valence-electron chi connectivity index (χ0n) is 22.7. The smallest absolute Gasteiger partial charge is 0.225 e. The van der Waals surface area contributed by atoms with Gasteiger partial charge in [0.2, 0.25) is 5.91 Å². The molecule has 1 aliphatic heterocycles. The van der Waals surface area contributed by atoms with Gasteiger partial charge in [-0.25, -0.2) is 9.07 Å². The van der Waals surface area contributed by atoms with Crippen molar-refractivity contribution in [2.75, 3.05) is 37.6 Å². The summed E-state index contributed by atoms with van der Waals surface area (Å²) in [6, 6.07) is 7.12. The molecule has 1 aliphatic carbocycles. The highest BCUT2D eigenvalue weighted by molar-refractivity contribution is 5.79. The number of piperazine rings is 1. The van der Waals surface area contributed by atoms with Gasteiger partial charge in [-0.1, -0.05) is 33.1 Å². The first-order valence-corrected chi connectivity index (χ1v) is 14.1. The number of anilines is 1. The molecule has 0 N–H and O–H groups in total. The summed E-state index contributed by atoms with van der Waals surface area (Å²) in [6.45, 7) is 13.9. The first-order chi connectivity index (χ1) is 17.4. The summed E-state index contributed by atoms with van der Waals surface area (Å²) < 4.78 is 15.8. The molecule has 1 aromatic heterocycles. The molecule has 1 saturated heterocycles. The van der Waals surface area contributed by atoms with E-state index in [0.29, 0.717) is 18.5 Å². The number of hydrogen-bond donors (Lipinski definition) is 0. The molecule has 4 rings (SSSR count). The van der Waals surface area contributed by atoms with Crippen molar-refractivity contribution in [2.45, 2.75) is 85.2 Å². The standard InChI is InChI=1S/C29H44FN5O/c1-5-16-34(29(36)23-10-8-7-9-11-23)21-26-27(6-2)31-35(25-14-12-24(30)13-15-25)28(26)33-19-17-32(18-20-33)22(3)4/h12-15,22-23H,5-11,16-21H2,1-4H3. The van der Waals surface area contributed by atoms with Crippen molar-refractivity contribution in [3.8, 4) is 5.69 Å². The summed E-state index contributed by atoms with van der Waals surface area (Å²) in [6.07, 6.45) is 7.31.